The molecule has 0 aromatic carbocycles. The van der Waals surface area contributed by atoms with Gasteiger partial charge in [0.05, 0.1) is 5.69 Å². The van der Waals surface area contributed by atoms with Crippen LogP contribution in [-0.4, -0.2) is 28.0 Å². The van der Waals surface area contributed by atoms with E-state index in [1.54, 1.807) is 13.0 Å². The minimum absolute atomic E-state index is 0.117. The van der Waals surface area contributed by atoms with E-state index in [1.807, 2.05) is 26.8 Å². The predicted molar refractivity (Wildman–Crippen MR) is 105 cm³/mol. The van der Waals surface area contributed by atoms with Crippen LogP contribution in [0.1, 0.15) is 50.4 Å². The van der Waals surface area contributed by atoms with Gasteiger partial charge in [-0.05, 0) is 25.0 Å². The number of allylic oxidation sites excluding steroid dienone is 2. The number of hydrogen-bond donors (Lipinski definition) is 0. The van der Waals surface area contributed by atoms with Gasteiger partial charge in [-0.1, -0.05) is 37.2 Å². The molecule has 32 heavy (non-hydrogen) atoms. The molecule has 2 atom stereocenters. The zero-order valence-corrected chi connectivity index (χ0v) is 18.0. The van der Waals surface area contributed by atoms with Crippen LogP contribution in [0, 0.1) is 12.8 Å². The summed E-state index contributed by atoms with van der Waals surface area (Å²) < 4.78 is 53.4. The van der Waals surface area contributed by atoms with Gasteiger partial charge in [-0.25, -0.2) is 0 Å². The molecule has 0 aliphatic heterocycles. The van der Waals surface area contributed by atoms with Crippen molar-refractivity contribution in [1.82, 2.24) is 15.3 Å². The molecule has 2 aromatic heterocycles. The molecule has 13 heteroatoms. The number of aryl methyl sites for hydroxylation is 2. The molecule has 0 saturated carbocycles. The molecular formula is C19H23F3N6O4. The van der Waals surface area contributed by atoms with Gasteiger partial charge in [0.15, 0.2) is 0 Å². The Morgan fingerprint density at radius 2 is 2.00 bits per heavy atom. The summed E-state index contributed by atoms with van der Waals surface area (Å²) in [6.45, 7) is 7.92. The maximum absolute atomic E-state index is 12.7. The average molecular weight is 456 g/mol. The van der Waals surface area contributed by atoms with E-state index in [4.69, 9.17) is 19.6 Å². The van der Waals surface area contributed by atoms with E-state index in [1.165, 1.54) is 6.08 Å². The topological polar surface area (TPSA) is 132 Å². The van der Waals surface area contributed by atoms with Gasteiger partial charge in [0.1, 0.15) is 22.9 Å². The van der Waals surface area contributed by atoms with Gasteiger partial charge in [0.2, 0.25) is 5.82 Å². The van der Waals surface area contributed by atoms with Crippen LogP contribution in [0.15, 0.2) is 38.3 Å². The molecule has 1 aliphatic rings. The van der Waals surface area contributed by atoms with Gasteiger partial charge in [-0.3, -0.25) is 0 Å². The molecule has 0 saturated heterocycles. The molecule has 174 valence electrons. The second-order valence-electron chi connectivity index (χ2n) is 6.54. The summed E-state index contributed by atoms with van der Waals surface area (Å²) >= 11 is 0. The molecule has 0 fully saturated rings. The van der Waals surface area contributed by atoms with Crippen molar-refractivity contribution in [3.05, 3.63) is 57.6 Å². The van der Waals surface area contributed by atoms with E-state index in [2.05, 4.69) is 30.0 Å². The Balaban J connectivity index is 0.00000176. The lowest BCUT2D eigenvalue weighted by Gasteiger charge is -2.27. The fourth-order valence-corrected chi connectivity index (χ4v) is 2.88. The van der Waals surface area contributed by atoms with Crippen LogP contribution in [0.3, 0.4) is 0 Å². The minimum Gasteiger partial charge on any atom is -0.396 e. The van der Waals surface area contributed by atoms with Crippen LogP contribution in [0.2, 0.25) is 0 Å². The molecular weight excluding hydrogens is 433 g/mol. The van der Waals surface area contributed by atoms with E-state index < -0.39 is 18.2 Å². The van der Waals surface area contributed by atoms with E-state index in [0.29, 0.717) is 19.4 Å². The van der Waals surface area contributed by atoms with Gasteiger partial charge < -0.3 is 18.6 Å². The summed E-state index contributed by atoms with van der Waals surface area (Å²) in [4.78, 5) is 10.9. The lowest BCUT2D eigenvalue weighted by atomic mass is 9.93. The van der Waals surface area contributed by atoms with Crippen molar-refractivity contribution in [2.75, 3.05) is 6.61 Å². The first kappa shape index (κ1) is 25.0. The number of nitrogens with zero attached hydrogens (tertiary/aromatic N) is 6. The summed E-state index contributed by atoms with van der Waals surface area (Å²) in [7, 11) is 0. The third-order valence-electron chi connectivity index (χ3n) is 4.15. The van der Waals surface area contributed by atoms with Crippen molar-refractivity contribution in [3.63, 3.8) is 0 Å². The number of azide groups is 1. The Labute approximate surface area is 181 Å². The smallest absolute Gasteiger partial charge is 0.396 e. The Bertz CT molecular complexity index is 991. The first-order valence-electron chi connectivity index (χ1n) is 9.88. The zero-order chi connectivity index (χ0) is 23.7. The van der Waals surface area contributed by atoms with Crippen LogP contribution in [0.5, 0.6) is 0 Å². The summed E-state index contributed by atoms with van der Waals surface area (Å²) in [6.07, 6.45) is -1.16. The number of alkyl halides is 3. The highest BCUT2D eigenvalue weighted by Gasteiger charge is 2.39. The maximum Gasteiger partial charge on any atom is 0.471 e. The number of ether oxygens (including phenoxy) is 1. The van der Waals surface area contributed by atoms with Gasteiger partial charge in [0.25, 0.3) is 0 Å². The van der Waals surface area contributed by atoms with Crippen LogP contribution >= 0.6 is 0 Å². The second kappa shape index (κ2) is 11.3. The average Bonchev–Trinajstić information content (AvgIpc) is 3.41. The Morgan fingerprint density at radius 3 is 2.59 bits per heavy atom. The molecule has 0 amide bonds. The molecule has 2 unspecified atom stereocenters. The third-order valence-corrected chi connectivity index (χ3v) is 4.15. The normalized spacial score (nSPS) is 18.1. The van der Waals surface area contributed by atoms with Crippen LogP contribution < -0.4 is 0 Å². The van der Waals surface area contributed by atoms with Gasteiger partial charge in [0, 0.05) is 35.5 Å². The molecule has 3 rings (SSSR count). The summed E-state index contributed by atoms with van der Waals surface area (Å²) in [5.74, 6) is -1.22. The Kier molecular flexibility index (Phi) is 8.85. The molecule has 0 N–H and O–H groups in total. The largest absolute Gasteiger partial charge is 0.471 e. The Hall–Kier alpha value is -3.31. The van der Waals surface area contributed by atoms with Crippen LogP contribution in [-0.2, 0) is 22.2 Å². The fraction of sp³-hybridized carbons (Fsp3) is 0.526. The zero-order valence-electron chi connectivity index (χ0n) is 18.0. The molecule has 10 nitrogen and oxygen atoms in total. The summed E-state index contributed by atoms with van der Waals surface area (Å²) in [6, 6.07) is 1.83. The quantitative estimate of drug-likeness (QED) is 0.166. The summed E-state index contributed by atoms with van der Waals surface area (Å²) in [5, 5.41) is 10.2. The van der Waals surface area contributed by atoms with Gasteiger partial charge in [-0.2, -0.15) is 18.2 Å². The molecule has 2 aromatic rings. The second-order valence-corrected chi connectivity index (χ2v) is 6.54. The molecule has 1 aliphatic carbocycles. The van der Waals surface area contributed by atoms with E-state index in [-0.39, 0.29) is 23.1 Å². The lowest BCUT2D eigenvalue weighted by Crippen LogP contribution is -2.27. The van der Waals surface area contributed by atoms with Gasteiger partial charge in [-0.15, -0.1) is 0 Å². The standard InChI is InChI=1S/C17H17F3N6O4.C2H6/c1-9-6-11(15-22-16(30-24-15)17(18,19)20)8-13(29-26-25-21)14(9)27-5-3-4-12-7-10(2)23-28-12;1-2/h6-9,14H,3-5H2,1-2H3;1-2H3. The van der Waals surface area contributed by atoms with E-state index >= 15 is 0 Å². The molecule has 0 spiro atoms. The fourth-order valence-electron chi connectivity index (χ4n) is 2.88. The van der Waals surface area contributed by atoms with Crippen molar-refractivity contribution in [2.24, 2.45) is 11.2 Å². The van der Waals surface area contributed by atoms with Crippen molar-refractivity contribution >= 4 is 5.57 Å². The van der Waals surface area contributed by atoms with Crippen LogP contribution in [0.4, 0.5) is 13.2 Å². The highest BCUT2D eigenvalue weighted by Crippen LogP contribution is 2.33. The number of halogens is 3. The van der Waals surface area contributed by atoms with Crippen molar-refractivity contribution < 1.29 is 31.8 Å². The molecule has 0 bridgehead atoms. The predicted octanol–water partition coefficient (Wildman–Crippen LogP) is 5.59. The number of hydrogen-bond acceptors (Lipinski definition) is 8. The SMILES string of the molecule is CC.Cc1cc(CCCOC2C(ON=[N+]=[N-])=CC(c3noc(C(F)(F)F)n3)=CC2C)on1. The lowest BCUT2D eigenvalue weighted by molar-refractivity contribution is -0.159. The molecule has 0 radical (unpaired) electrons. The minimum atomic E-state index is -4.76. The maximum atomic E-state index is 12.7. The molecule has 2 heterocycles. The third kappa shape index (κ3) is 6.59. The highest BCUT2D eigenvalue weighted by molar-refractivity contribution is 5.71. The van der Waals surface area contributed by atoms with Gasteiger partial charge >= 0.3 is 12.1 Å². The van der Waals surface area contributed by atoms with E-state index in [9.17, 15) is 13.2 Å². The van der Waals surface area contributed by atoms with Crippen LogP contribution in [0.25, 0.3) is 16.0 Å². The number of rotatable bonds is 8. The Morgan fingerprint density at radius 1 is 1.25 bits per heavy atom. The number of aromatic nitrogens is 3. The summed E-state index contributed by atoms with van der Waals surface area (Å²) in [5.41, 5.74) is 9.55. The first-order valence-corrected chi connectivity index (χ1v) is 9.88. The van der Waals surface area contributed by atoms with Crippen molar-refractivity contribution in [3.8, 4) is 0 Å². The monoisotopic (exact) mass is 456 g/mol. The van der Waals surface area contributed by atoms with E-state index in [0.717, 1.165) is 11.5 Å². The van der Waals surface area contributed by atoms with Crippen molar-refractivity contribution in [2.45, 2.75) is 52.8 Å². The van der Waals surface area contributed by atoms with Crippen molar-refractivity contribution in [1.29, 1.82) is 0 Å². The first-order chi connectivity index (χ1) is 15.3. The highest BCUT2D eigenvalue weighted by atomic mass is 19.4.